The molecule has 0 aromatic heterocycles. The van der Waals surface area contributed by atoms with E-state index >= 15 is 0 Å². The number of carboxylic acids is 1. The summed E-state index contributed by atoms with van der Waals surface area (Å²) < 4.78 is -0.712. The first-order chi connectivity index (χ1) is 7.08. The van der Waals surface area contributed by atoms with Crippen LogP contribution < -0.4 is 0 Å². The van der Waals surface area contributed by atoms with Crippen molar-refractivity contribution >= 4 is 17.7 Å². The van der Waals surface area contributed by atoms with Crippen molar-refractivity contribution in [2.24, 2.45) is 0 Å². The molecule has 0 aliphatic carbocycles. The Morgan fingerprint density at radius 2 is 2.00 bits per heavy atom. The predicted molar refractivity (Wildman–Crippen MR) is 63.2 cm³/mol. The Labute approximate surface area is 94.7 Å². The summed E-state index contributed by atoms with van der Waals surface area (Å²) in [5.74, 6) is -0.738. The van der Waals surface area contributed by atoms with E-state index in [-0.39, 0.29) is 0 Å². The molecule has 1 atom stereocenters. The number of thioether (sulfide) groups is 1. The topological polar surface area (TPSA) is 37.3 Å². The molecule has 0 aliphatic heterocycles. The molecular formula is C12H16O2S. The molecule has 0 spiro atoms. The van der Waals surface area contributed by atoms with Gasteiger partial charge in [0.2, 0.25) is 0 Å². The van der Waals surface area contributed by atoms with Crippen LogP contribution in [0.15, 0.2) is 35.2 Å². The molecule has 0 bridgehead atoms. The van der Waals surface area contributed by atoms with E-state index in [1.807, 2.05) is 37.3 Å². The number of hydrogen-bond donors (Lipinski definition) is 1. The molecule has 15 heavy (non-hydrogen) atoms. The molecule has 0 saturated carbocycles. The third-order valence-corrected chi connectivity index (χ3v) is 3.60. The van der Waals surface area contributed by atoms with Gasteiger partial charge in [0.25, 0.3) is 0 Å². The van der Waals surface area contributed by atoms with Crippen LogP contribution in [-0.2, 0) is 4.79 Å². The van der Waals surface area contributed by atoms with Crippen molar-refractivity contribution in [1.29, 1.82) is 0 Å². The highest BCUT2D eigenvalue weighted by Crippen LogP contribution is 2.36. The molecule has 1 aromatic carbocycles. The predicted octanol–water partition coefficient (Wildman–Crippen LogP) is 3.42. The minimum absolute atomic E-state index is 0.682. The third kappa shape index (κ3) is 3.27. The average Bonchev–Trinajstić information content (AvgIpc) is 2.19. The summed E-state index contributed by atoms with van der Waals surface area (Å²) in [6, 6.07) is 9.68. The summed E-state index contributed by atoms with van der Waals surface area (Å²) in [6.45, 7) is 3.79. The number of rotatable bonds is 5. The van der Waals surface area contributed by atoms with Crippen molar-refractivity contribution in [3.63, 3.8) is 0 Å². The van der Waals surface area contributed by atoms with Crippen molar-refractivity contribution in [2.45, 2.75) is 36.3 Å². The highest BCUT2D eigenvalue weighted by Gasteiger charge is 2.33. The molecule has 82 valence electrons. The normalized spacial score (nSPS) is 14.5. The van der Waals surface area contributed by atoms with Gasteiger partial charge in [-0.25, -0.2) is 0 Å². The smallest absolute Gasteiger partial charge is 0.319 e. The van der Waals surface area contributed by atoms with Gasteiger partial charge in [0, 0.05) is 4.90 Å². The van der Waals surface area contributed by atoms with Crippen LogP contribution in [-0.4, -0.2) is 15.8 Å². The SMILES string of the molecule is CCCC(C)(Sc1ccccc1)C(=O)O. The Morgan fingerprint density at radius 1 is 1.40 bits per heavy atom. The maximum atomic E-state index is 11.2. The van der Waals surface area contributed by atoms with E-state index in [0.717, 1.165) is 11.3 Å². The number of carboxylic acid groups (broad SMARTS) is 1. The molecule has 1 rings (SSSR count). The van der Waals surface area contributed by atoms with Gasteiger partial charge < -0.3 is 5.11 Å². The summed E-state index contributed by atoms with van der Waals surface area (Å²) in [4.78, 5) is 12.2. The first-order valence-corrected chi connectivity index (χ1v) is 5.87. The van der Waals surface area contributed by atoms with E-state index in [4.69, 9.17) is 0 Å². The molecule has 1 aromatic rings. The van der Waals surface area contributed by atoms with Crippen molar-refractivity contribution < 1.29 is 9.90 Å². The van der Waals surface area contributed by atoms with E-state index in [0.29, 0.717) is 6.42 Å². The number of aliphatic carboxylic acids is 1. The van der Waals surface area contributed by atoms with Gasteiger partial charge in [0.05, 0.1) is 0 Å². The van der Waals surface area contributed by atoms with Crippen LogP contribution in [0.25, 0.3) is 0 Å². The van der Waals surface area contributed by atoms with Crippen LogP contribution >= 0.6 is 11.8 Å². The second kappa shape index (κ2) is 5.21. The van der Waals surface area contributed by atoms with Gasteiger partial charge in [0.1, 0.15) is 4.75 Å². The van der Waals surface area contributed by atoms with Gasteiger partial charge in [-0.2, -0.15) is 0 Å². The molecular weight excluding hydrogens is 208 g/mol. The van der Waals surface area contributed by atoms with Gasteiger partial charge in [-0.05, 0) is 25.5 Å². The van der Waals surface area contributed by atoms with Crippen molar-refractivity contribution in [2.75, 3.05) is 0 Å². The van der Waals surface area contributed by atoms with Crippen molar-refractivity contribution in [3.8, 4) is 0 Å². The Hall–Kier alpha value is -0.960. The maximum absolute atomic E-state index is 11.2. The molecule has 2 nitrogen and oxygen atoms in total. The lowest BCUT2D eigenvalue weighted by molar-refractivity contribution is -0.139. The van der Waals surface area contributed by atoms with Crippen molar-refractivity contribution in [1.82, 2.24) is 0 Å². The molecule has 1 unspecified atom stereocenters. The van der Waals surface area contributed by atoms with Gasteiger partial charge >= 0.3 is 5.97 Å². The molecule has 1 N–H and O–H groups in total. The first kappa shape index (κ1) is 12.1. The fourth-order valence-corrected chi connectivity index (χ4v) is 2.63. The van der Waals surface area contributed by atoms with Gasteiger partial charge in [-0.3, -0.25) is 4.79 Å². The summed E-state index contributed by atoms with van der Waals surface area (Å²) in [6.07, 6.45) is 1.56. The summed E-state index contributed by atoms with van der Waals surface area (Å²) in [5, 5.41) is 9.20. The van der Waals surface area contributed by atoms with Crippen LogP contribution in [0.3, 0.4) is 0 Å². The zero-order valence-corrected chi connectivity index (χ0v) is 9.88. The molecule has 0 radical (unpaired) electrons. The fourth-order valence-electron chi connectivity index (χ4n) is 1.43. The van der Waals surface area contributed by atoms with E-state index in [1.165, 1.54) is 11.8 Å². The quantitative estimate of drug-likeness (QED) is 0.779. The Balaban J connectivity index is 2.80. The molecule has 0 heterocycles. The lowest BCUT2D eigenvalue weighted by Gasteiger charge is -2.23. The lowest BCUT2D eigenvalue weighted by atomic mass is 10.1. The molecule has 3 heteroatoms. The lowest BCUT2D eigenvalue weighted by Crippen LogP contribution is -2.30. The van der Waals surface area contributed by atoms with E-state index in [2.05, 4.69) is 0 Å². The monoisotopic (exact) mass is 224 g/mol. The Kier molecular flexibility index (Phi) is 4.21. The summed E-state index contributed by atoms with van der Waals surface area (Å²) in [7, 11) is 0. The third-order valence-electron chi connectivity index (χ3n) is 2.27. The zero-order valence-electron chi connectivity index (χ0n) is 9.06. The Morgan fingerprint density at radius 3 is 2.47 bits per heavy atom. The van der Waals surface area contributed by atoms with Gasteiger partial charge in [-0.15, -0.1) is 11.8 Å². The molecule has 0 amide bonds. The largest absolute Gasteiger partial charge is 0.480 e. The van der Waals surface area contributed by atoms with Crippen LogP contribution in [0.1, 0.15) is 26.7 Å². The first-order valence-electron chi connectivity index (χ1n) is 5.06. The highest BCUT2D eigenvalue weighted by atomic mass is 32.2. The Bertz CT molecular complexity index is 324. The minimum Gasteiger partial charge on any atom is -0.480 e. The second-order valence-corrected chi connectivity index (χ2v) is 5.28. The van der Waals surface area contributed by atoms with Crippen LogP contribution in [0.4, 0.5) is 0 Å². The highest BCUT2D eigenvalue weighted by molar-refractivity contribution is 8.01. The van der Waals surface area contributed by atoms with Crippen molar-refractivity contribution in [3.05, 3.63) is 30.3 Å². The molecule has 0 aliphatic rings. The van der Waals surface area contributed by atoms with E-state index in [9.17, 15) is 9.90 Å². The average molecular weight is 224 g/mol. The minimum atomic E-state index is -0.738. The molecule has 0 fully saturated rings. The van der Waals surface area contributed by atoms with E-state index < -0.39 is 10.7 Å². The van der Waals surface area contributed by atoms with Gasteiger partial charge in [0.15, 0.2) is 0 Å². The maximum Gasteiger partial charge on any atom is 0.319 e. The van der Waals surface area contributed by atoms with Crippen LogP contribution in [0, 0.1) is 0 Å². The standard InChI is InChI=1S/C12H16O2S/c1-3-9-12(2,11(13)14)15-10-7-5-4-6-8-10/h4-8H,3,9H2,1-2H3,(H,13,14). The van der Waals surface area contributed by atoms with Crippen LogP contribution in [0.2, 0.25) is 0 Å². The second-order valence-electron chi connectivity index (χ2n) is 3.70. The zero-order chi connectivity index (χ0) is 11.3. The van der Waals surface area contributed by atoms with E-state index in [1.54, 1.807) is 6.92 Å². The number of hydrogen-bond acceptors (Lipinski definition) is 2. The summed E-state index contributed by atoms with van der Waals surface area (Å²) >= 11 is 1.42. The summed E-state index contributed by atoms with van der Waals surface area (Å²) in [5.41, 5.74) is 0. The van der Waals surface area contributed by atoms with Crippen LogP contribution in [0.5, 0.6) is 0 Å². The number of benzene rings is 1. The number of carbonyl (C=O) groups is 1. The van der Waals surface area contributed by atoms with Gasteiger partial charge in [-0.1, -0.05) is 31.5 Å². The molecule has 0 saturated heterocycles. The fraction of sp³-hybridized carbons (Fsp3) is 0.417.